The van der Waals surface area contributed by atoms with Gasteiger partial charge in [0.2, 0.25) is 0 Å². The van der Waals surface area contributed by atoms with Crippen LogP contribution in [-0.4, -0.2) is 83.0 Å². The van der Waals surface area contributed by atoms with Gasteiger partial charge >= 0.3 is 0 Å². The first-order chi connectivity index (χ1) is 23.3. The van der Waals surface area contributed by atoms with Crippen LogP contribution in [0.25, 0.3) is 0 Å². The number of hydrogen-bond donors (Lipinski definition) is 5. The minimum atomic E-state index is -0.919. The number of aromatic hydroxyl groups is 1. The minimum absolute atomic E-state index is 0.0315. The maximum atomic E-state index is 12.0. The van der Waals surface area contributed by atoms with Gasteiger partial charge in [0.15, 0.2) is 0 Å². The summed E-state index contributed by atoms with van der Waals surface area (Å²) in [5.74, 6) is 1.75. The molecule has 260 valence electrons. The summed E-state index contributed by atoms with van der Waals surface area (Å²) in [6.45, 7) is 7.55. The van der Waals surface area contributed by atoms with E-state index in [-0.39, 0.29) is 30.4 Å². The Morgan fingerprint density at radius 1 is 0.958 bits per heavy atom. The molecule has 4 fully saturated rings. The Hall–Kier alpha value is -2.98. The van der Waals surface area contributed by atoms with Crippen molar-refractivity contribution < 1.29 is 34.4 Å². The van der Waals surface area contributed by atoms with Crippen molar-refractivity contribution in [2.75, 3.05) is 45.9 Å². The number of ether oxygens (including phenoxy) is 2. The molecule has 3 aromatic carbocycles. The van der Waals surface area contributed by atoms with Crippen molar-refractivity contribution in [1.29, 1.82) is 0 Å². The third-order valence-electron chi connectivity index (χ3n) is 11.5. The second-order valence-corrected chi connectivity index (χ2v) is 14.7. The van der Waals surface area contributed by atoms with E-state index in [0.717, 1.165) is 48.1 Å². The summed E-state index contributed by atoms with van der Waals surface area (Å²) in [6.07, 6.45) is 7.12. The number of quaternary nitrogens is 1. The first kappa shape index (κ1) is 34.9. The van der Waals surface area contributed by atoms with Crippen molar-refractivity contribution in [2.24, 2.45) is 11.8 Å². The Labute approximate surface area is 285 Å². The molecular formula is C40H55N2O6+. The van der Waals surface area contributed by atoms with Gasteiger partial charge in [-0.1, -0.05) is 61.4 Å². The number of nitrogens with one attached hydrogen (secondary N) is 1. The SMILES string of the molecule is C[C@H](Cc1ccc(OCC[N+]23CCC(CC2)[C@@H](OCC(O)(c2ccccc2)C2CCCC2)C3)cc1)NC[C@H](O)c1ccc(O)c(CO)c1. The van der Waals surface area contributed by atoms with Crippen LogP contribution in [0.15, 0.2) is 72.8 Å². The number of benzene rings is 3. The minimum Gasteiger partial charge on any atom is -0.508 e. The molecule has 3 heterocycles. The molecule has 4 atom stereocenters. The van der Waals surface area contributed by atoms with Crippen molar-refractivity contribution in [1.82, 2.24) is 5.32 Å². The third-order valence-corrected chi connectivity index (χ3v) is 11.5. The average molecular weight is 660 g/mol. The number of nitrogens with zero attached hydrogens (tertiary/aromatic N) is 1. The van der Waals surface area contributed by atoms with Crippen LogP contribution in [0.5, 0.6) is 11.5 Å². The fraction of sp³-hybridized carbons (Fsp3) is 0.550. The molecule has 0 aromatic heterocycles. The van der Waals surface area contributed by atoms with E-state index in [9.17, 15) is 20.4 Å². The molecule has 0 amide bonds. The number of aliphatic hydroxyl groups is 3. The highest BCUT2D eigenvalue weighted by atomic mass is 16.5. The fourth-order valence-corrected chi connectivity index (χ4v) is 8.40. The molecule has 1 aliphatic carbocycles. The normalized spacial score (nSPS) is 25.1. The lowest BCUT2D eigenvalue weighted by molar-refractivity contribution is -0.946. The van der Waals surface area contributed by atoms with E-state index >= 15 is 0 Å². The molecule has 3 aliphatic heterocycles. The second kappa shape index (κ2) is 15.7. The van der Waals surface area contributed by atoms with Gasteiger partial charge in [0.05, 0.1) is 32.4 Å². The highest BCUT2D eigenvalue weighted by molar-refractivity contribution is 5.36. The molecule has 3 aromatic rings. The van der Waals surface area contributed by atoms with Gasteiger partial charge in [-0.3, -0.25) is 0 Å². The Bertz CT molecular complexity index is 1440. The fourth-order valence-electron chi connectivity index (χ4n) is 8.40. The van der Waals surface area contributed by atoms with Crippen molar-refractivity contribution in [3.8, 4) is 11.5 Å². The molecule has 1 saturated carbocycles. The van der Waals surface area contributed by atoms with Gasteiger partial charge in [0.25, 0.3) is 0 Å². The molecule has 4 aliphatic rings. The predicted molar refractivity (Wildman–Crippen MR) is 187 cm³/mol. The first-order valence-electron chi connectivity index (χ1n) is 18.1. The summed E-state index contributed by atoms with van der Waals surface area (Å²) < 4.78 is 14.0. The molecule has 5 N–H and O–H groups in total. The average Bonchev–Trinajstić information content (AvgIpc) is 3.68. The number of piperidine rings is 3. The molecule has 7 rings (SSSR count). The van der Waals surface area contributed by atoms with Gasteiger partial charge in [-0.25, -0.2) is 0 Å². The molecule has 8 nitrogen and oxygen atoms in total. The molecule has 0 radical (unpaired) electrons. The lowest BCUT2D eigenvalue weighted by Crippen LogP contribution is -2.65. The molecule has 3 saturated heterocycles. The maximum Gasteiger partial charge on any atom is 0.137 e. The highest BCUT2D eigenvalue weighted by Crippen LogP contribution is 2.42. The summed E-state index contributed by atoms with van der Waals surface area (Å²) in [6, 6.07) is 23.5. The van der Waals surface area contributed by atoms with Crippen LogP contribution in [0.4, 0.5) is 0 Å². The Morgan fingerprint density at radius 2 is 1.69 bits per heavy atom. The monoisotopic (exact) mass is 659 g/mol. The number of rotatable bonds is 16. The summed E-state index contributed by atoms with van der Waals surface area (Å²) >= 11 is 0. The Morgan fingerprint density at radius 3 is 2.40 bits per heavy atom. The van der Waals surface area contributed by atoms with Crippen LogP contribution in [0.3, 0.4) is 0 Å². The molecule has 0 spiro atoms. The van der Waals surface area contributed by atoms with Crippen molar-refractivity contribution >= 4 is 0 Å². The van der Waals surface area contributed by atoms with Crippen LogP contribution in [-0.2, 0) is 23.4 Å². The molecule has 8 heteroatoms. The van der Waals surface area contributed by atoms with E-state index in [2.05, 4.69) is 36.5 Å². The largest absolute Gasteiger partial charge is 0.508 e. The van der Waals surface area contributed by atoms with Gasteiger partial charge in [-0.05, 0) is 73.1 Å². The van der Waals surface area contributed by atoms with Crippen LogP contribution in [0, 0.1) is 11.8 Å². The second-order valence-electron chi connectivity index (χ2n) is 14.7. The molecule has 2 bridgehead atoms. The number of fused-ring (bicyclic) bond motifs is 3. The predicted octanol–water partition coefficient (Wildman–Crippen LogP) is 5.22. The smallest absolute Gasteiger partial charge is 0.137 e. The van der Waals surface area contributed by atoms with Crippen LogP contribution in [0.1, 0.15) is 73.8 Å². The summed E-state index contributed by atoms with van der Waals surface area (Å²) in [5.41, 5.74) is 2.34. The molecular weight excluding hydrogens is 604 g/mol. The van der Waals surface area contributed by atoms with Gasteiger partial charge in [0, 0.05) is 36.9 Å². The standard InChI is InChI=1S/C40H54N2O6/c1-29(41-25-38(45)32-13-16-37(44)33(24-32)27-43)23-30-11-14-36(15-12-30)47-22-21-42-19-17-31(18-20-42)39(26-42)48-28-40(46,35-9-5-6-10-35)34-7-3-2-4-8-34/h2-4,7-8,11-16,24,29,31,35,38-39,41,43,45-46H,5-6,9-10,17-23,25-28H2,1H3/p+1/t29-,31?,38+,39+,40?,42?/m1/s1. The van der Waals surface area contributed by atoms with Crippen molar-refractivity contribution in [3.05, 3.63) is 95.1 Å². The number of aliphatic hydroxyl groups excluding tert-OH is 2. The van der Waals surface area contributed by atoms with E-state index in [1.54, 1.807) is 12.1 Å². The van der Waals surface area contributed by atoms with Gasteiger partial charge in [-0.2, -0.15) is 0 Å². The molecule has 48 heavy (non-hydrogen) atoms. The summed E-state index contributed by atoms with van der Waals surface area (Å²) in [4.78, 5) is 0. The maximum absolute atomic E-state index is 12.0. The van der Waals surface area contributed by atoms with Crippen LogP contribution >= 0.6 is 0 Å². The first-order valence-corrected chi connectivity index (χ1v) is 18.1. The third kappa shape index (κ3) is 8.24. The zero-order chi connectivity index (χ0) is 33.6. The Balaban J connectivity index is 0.956. The molecule has 1 unspecified atom stereocenters. The quantitative estimate of drug-likeness (QED) is 0.134. The lowest BCUT2D eigenvalue weighted by atomic mass is 9.80. The van der Waals surface area contributed by atoms with E-state index < -0.39 is 11.7 Å². The van der Waals surface area contributed by atoms with E-state index in [4.69, 9.17) is 9.47 Å². The van der Waals surface area contributed by atoms with E-state index in [1.165, 1.54) is 50.4 Å². The van der Waals surface area contributed by atoms with Crippen LogP contribution < -0.4 is 10.1 Å². The lowest BCUT2D eigenvalue weighted by Gasteiger charge is -2.52. The van der Waals surface area contributed by atoms with Gasteiger partial charge in [-0.15, -0.1) is 0 Å². The van der Waals surface area contributed by atoms with Gasteiger partial charge in [0.1, 0.15) is 42.9 Å². The van der Waals surface area contributed by atoms with E-state index in [0.29, 0.717) is 36.8 Å². The Kier molecular flexibility index (Phi) is 11.4. The topological polar surface area (TPSA) is 111 Å². The number of hydrogen-bond acceptors (Lipinski definition) is 7. The highest BCUT2D eigenvalue weighted by Gasteiger charge is 2.48. The van der Waals surface area contributed by atoms with Gasteiger partial charge < -0.3 is 39.7 Å². The zero-order valence-electron chi connectivity index (χ0n) is 28.5. The summed E-state index contributed by atoms with van der Waals surface area (Å²) in [5, 5.41) is 45.2. The zero-order valence-corrected chi connectivity index (χ0v) is 28.5. The summed E-state index contributed by atoms with van der Waals surface area (Å²) in [7, 11) is 0. The van der Waals surface area contributed by atoms with Crippen molar-refractivity contribution in [2.45, 2.75) is 82.3 Å². The van der Waals surface area contributed by atoms with Crippen molar-refractivity contribution in [3.63, 3.8) is 0 Å². The van der Waals surface area contributed by atoms with Crippen LogP contribution in [0.2, 0.25) is 0 Å². The number of phenols is 1. The van der Waals surface area contributed by atoms with E-state index in [1.807, 2.05) is 30.3 Å².